The predicted octanol–water partition coefficient (Wildman–Crippen LogP) is 3.17. The van der Waals surface area contributed by atoms with E-state index in [9.17, 15) is 13.6 Å². The van der Waals surface area contributed by atoms with E-state index in [-0.39, 0.29) is 23.7 Å². The lowest BCUT2D eigenvalue weighted by molar-refractivity contribution is -0.117. The molecule has 1 fully saturated rings. The van der Waals surface area contributed by atoms with Gasteiger partial charge in [0.25, 0.3) is 0 Å². The molecule has 1 aliphatic heterocycles. The van der Waals surface area contributed by atoms with Crippen molar-refractivity contribution in [2.75, 3.05) is 11.4 Å². The molecule has 0 N–H and O–H groups in total. The van der Waals surface area contributed by atoms with Crippen molar-refractivity contribution in [2.45, 2.75) is 38.5 Å². The first-order chi connectivity index (χ1) is 10.8. The van der Waals surface area contributed by atoms with Gasteiger partial charge in [-0.1, -0.05) is 25.9 Å². The zero-order chi connectivity index (χ0) is 16.8. The van der Waals surface area contributed by atoms with E-state index in [2.05, 4.69) is 10.1 Å². The Labute approximate surface area is 132 Å². The van der Waals surface area contributed by atoms with Gasteiger partial charge < -0.3 is 9.42 Å². The molecule has 1 amide bonds. The third-order valence-corrected chi connectivity index (χ3v) is 3.80. The van der Waals surface area contributed by atoms with E-state index >= 15 is 0 Å². The molecule has 2 heterocycles. The topological polar surface area (TPSA) is 59.2 Å². The number of carbonyl (C=O) groups excluding carboxylic acids is 1. The Balaban J connectivity index is 1.82. The van der Waals surface area contributed by atoms with E-state index < -0.39 is 11.6 Å². The maximum Gasteiger partial charge on any atom is 0.232 e. The summed E-state index contributed by atoms with van der Waals surface area (Å²) in [5.74, 6) is -1.38. The van der Waals surface area contributed by atoms with Crippen molar-refractivity contribution in [3.05, 3.63) is 41.5 Å². The molecule has 0 radical (unpaired) electrons. The summed E-state index contributed by atoms with van der Waals surface area (Å²) >= 11 is 0. The Hall–Kier alpha value is -2.31. The first-order valence-corrected chi connectivity index (χ1v) is 7.35. The van der Waals surface area contributed by atoms with Crippen LogP contribution in [-0.2, 0) is 10.2 Å². The Kier molecular flexibility index (Phi) is 3.66. The molecule has 0 bridgehead atoms. The first kappa shape index (κ1) is 15.6. The van der Waals surface area contributed by atoms with Crippen molar-refractivity contribution < 1.29 is 18.1 Å². The van der Waals surface area contributed by atoms with Crippen LogP contribution in [0.25, 0.3) is 0 Å². The Bertz CT molecular complexity index is 752. The molecule has 1 aromatic heterocycles. The number of anilines is 1. The molecular weight excluding hydrogens is 304 g/mol. The van der Waals surface area contributed by atoms with Gasteiger partial charge in [0.15, 0.2) is 17.5 Å². The lowest BCUT2D eigenvalue weighted by atomic mass is 9.96. The molecule has 2 aromatic rings. The van der Waals surface area contributed by atoms with E-state index in [4.69, 9.17) is 4.52 Å². The van der Waals surface area contributed by atoms with Gasteiger partial charge in [-0.15, -0.1) is 0 Å². The van der Waals surface area contributed by atoms with E-state index in [1.54, 1.807) is 0 Å². The fraction of sp³-hybridized carbons (Fsp3) is 0.438. The second-order valence-electron chi connectivity index (χ2n) is 6.71. The Morgan fingerprint density at radius 2 is 2.00 bits per heavy atom. The van der Waals surface area contributed by atoms with Crippen LogP contribution in [0.2, 0.25) is 0 Å². The molecule has 7 heteroatoms. The molecule has 122 valence electrons. The van der Waals surface area contributed by atoms with E-state index in [1.807, 2.05) is 20.8 Å². The number of hydrogen-bond acceptors (Lipinski definition) is 4. The van der Waals surface area contributed by atoms with Gasteiger partial charge in [-0.3, -0.25) is 4.79 Å². The maximum atomic E-state index is 13.4. The van der Waals surface area contributed by atoms with E-state index in [1.165, 1.54) is 11.0 Å². The molecule has 3 rings (SSSR count). The fourth-order valence-corrected chi connectivity index (χ4v) is 2.48. The Morgan fingerprint density at radius 3 is 2.61 bits per heavy atom. The third kappa shape index (κ3) is 2.95. The van der Waals surface area contributed by atoms with Crippen LogP contribution in [0.1, 0.15) is 44.8 Å². The number of aromatic nitrogens is 2. The summed E-state index contributed by atoms with van der Waals surface area (Å²) in [6, 6.07) is 3.41. The number of hydrogen-bond donors (Lipinski definition) is 0. The van der Waals surface area contributed by atoms with Gasteiger partial charge >= 0.3 is 0 Å². The minimum absolute atomic E-state index is 0.184. The van der Waals surface area contributed by atoms with Crippen molar-refractivity contribution in [2.24, 2.45) is 0 Å². The zero-order valence-corrected chi connectivity index (χ0v) is 13.1. The zero-order valence-electron chi connectivity index (χ0n) is 13.1. The standard InChI is InChI=1S/C16H17F2N3O2/c1-16(2,3)15-19-14(23-20-15)9-6-13(22)21(8-9)10-4-5-11(17)12(18)7-10/h4-5,7,9H,6,8H2,1-3H3. The highest BCUT2D eigenvalue weighted by atomic mass is 19.2. The lowest BCUT2D eigenvalue weighted by Gasteiger charge is -2.16. The molecule has 1 aromatic carbocycles. The average Bonchev–Trinajstić information content (AvgIpc) is 3.08. The summed E-state index contributed by atoms with van der Waals surface area (Å²) in [4.78, 5) is 18.0. The summed E-state index contributed by atoms with van der Waals surface area (Å²) in [7, 11) is 0. The highest BCUT2D eigenvalue weighted by Crippen LogP contribution is 2.32. The molecule has 1 saturated heterocycles. The minimum atomic E-state index is -0.980. The monoisotopic (exact) mass is 321 g/mol. The molecule has 0 saturated carbocycles. The summed E-state index contributed by atoms with van der Waals surface area (Å²) in [5.41, 5.74) is 0.0800. The number of amides is 1. The minimum Gasteiger partial charge on any atom is -0.339 e. The van der Waals surface area contributed by atoms with Crippen LogP contribution in [0, 0.1) is 11.6 Å². The van der Waals surface area contributed by atoms with Gasteiger partial charge in [0, 0.05) is 30.1 Å². The number of halogens is 2. The van der Waals surface area contributed by atoms with Crippen molar-refractivity contribution in [3.63, 3.8) is 0 Å². The molecule has 1 unspecified atom stereocenters. The van der Waals surface area contributed by atoms with Crippen LogP contribution < -0.4 is 4.90 Å². The smallest absolute Gasteiger partial charge is 0.232 e. The molecular formula is C16H17F2N3O2. The highest BCUT2D eigenvalue weighted by molar-refractivity contribution is 5.96. The number of carbonyl (C=O) groups is 1. The summed E-state index contributed by atoms with van der Waals surface area (Å²) < 4.78 is 31.7. The highest BCUT2D eigenvalue weighted by Gasteiger charge is 2.36. The van der Waals surface area contributed by atoms with Gasteiger partial charge in [0.2, 0.25) is 11.8 Å². The van der Waals surface area contributed by atoms with Crippen LogP contribution in [-0.4, -0.2) is 22.6 Å². The lowest BCUT2D eigenvalue weighted by Crippen LogP contribution is -2.24. The molecule has 1 aliphatic rings. The fourth-order valence-electron chi connectivity index (χ4n) is 2.48. The molecule has 0 spiro atoms. The molecule has 0 aliphatic carbocycles. The largest absolute Gasteiger partial charge is 0.339 e. The van der Waals surface area contributed by atoms with Crippen LogP contribution >= 0.6 is 0 Å². The third-order valence-electron chi connectivity index (χ3n) is 3.80. The molecule has 5 nitrogen and oxygen atoms in total. The van der Waals surface area contributed by atoms with Crippen LogP contribution in [0.5, 0.6) is 0 Å². The van der Waals surface area contributed by atoms with Crippen molar-refractivity contribution >= 4 is 11.6 Å². The number of nitrogens with zero attached hydrogens (tertiary/aromatic N) is 3. The molecule has 23 heavy (non-hydrogen) atoms. The predicted molar refractivity (Wildman–Crippen MR) is 79.1 cm³/mol. The van der Waals surface area contributed by atoms with Crippen molar-refractivity contribution in [1.82, 2.24) is 10.1 Å². The van der Waals surface area contributed by atoms with Crippen LogP contribution in [0.15, 0.2) is 22.7 Å². The van der Waals surface area contributed by atoms with Crippen LogP contribution in [0.4, 0.5) is 14.5 Å². The van der Waals surface area contributed by atoms with Gasteiger partial charge in [0.05, 0.1) is 5.92 Å². The second kappa shape index (κ2) is 5.40. The first-order valence-electron chi connectivity index (χ1n) is 7.35. The number of benzene rings is 1. The van der Waals surface area contributed by atoms with Gasteiger partial charge in [0.1, 0.15) is 0 Å². The molecule has 1 atom stereocenters. The quantitative estimate of drug-likeness (QED) is 0.852. The van der Waals surface area contributed by atoms with Crippen LogP contribution in [0.3, 0.4) is 0 Å². The SMILES string of the molecule is CC(C)(C)c1noc(C2CC(=O)N(c3ccc(F)c(F)c3)C2)n1. The summed E-state index contributed by atoms with van der Waals surface area (Å²) in [5, 5.41) is 3.96. The maximum absolute atomic E-state index is 13.4. The van der Waals surface area contributed by atoms with E-state index in [0.29, 0.717) is 23.9 Å². The van der Waals surface area contributed by atoms with Crippen molar-refractivity contribution in [1.29, 1.82) is 0 Å². The average molecular weight is 321 g/mol. The summed E-state index contributed by atoms with van der Waals surface area (Å²) in [6.07, 6.45) is 0.199. The van der Waals surface area contributed by atoms with Gasteiger partial charge in [-0.2, -0.15) is 4.98 Å². The van der Waals surface area contributed by atoms with Gasteiger partial charge in [-0.05, 0) is 12.1 Å². The normalized spacial score (nSPS) is 18.7. The Morgan fingerprint density at radius 1 is 1.26 bits per heavy atom. The number of rotatable bonds is 2. The second-order valence-corrected chi connectivity index (χ2v) is 6.71. The van der Waals surface area contributed by atoms with E-state index in [0.717, 1.165) is 12.1 Å². The van der Waals surface area contributed by atoms with Crippen molar-refractivity contribution in [3.8, 4) is 0 Å². The van der Waals surface area contributed by atoms with Gasteiger partial charge in [-0.25, -0.2) is 8.78 Å². The summed E-state index contributed by atoms with van der Waals surface area (Å²) in [6.45, 7) is 6.20.